The van der Waals surface area contributed by atoms with Crippen molar-refractivity contribution < 1.29 is 9.90 Å². The quantitative estimate of drug-likeness (QED) is 0.829. The lowest BCUT2D eigenvalue weighted by atomic mass is 9.90. The number of nitrogens with zero attached hydrogens (tertiary/aromatic N) is 2. The Morgan fingerprint density at radius 3 is 2.69 bits per heavy atom. The summed E-state index contributed by atoms with van der Waals surface area (Å²) >= 11 is 0. The summed E-state index contributed by atoms with van der Waals surface area (Å²) < 4.78 is 1.29. The Morgan fingerprint density at radius 1 is 1.56 bits per heavy atom. The topological polar surface area (TPSA) is 72.2 Å². The van der Waals surface area contributed by atoms with E-state index in [1.54, 1.807) is 27.0 Å². The van der Waals surface area contributed by atoms with Gasteiger partial charge in [0, 0.05) is 12.6 Å². The van der Waals surface area contributed by atoms with E-state index in [1.807, 2.05) is 0 Å². The molecule has 0 radical (unpaired) electrons. The largest absolute Gasteiger partial charge is 0.481 e. The standard InChI is InChI=1S/C11H16N2O3/c1-8-6-9(14)13(12-7-8)5-4-11(2,3)10(15)16/h6-7H,4-5H2,1-3H3,(H,15,16). The molecule has 0 aliphatic heterocycles. The van der Waals surface area contributed by atoms with Gasteiger partial charge in [-0.05, 0) is 32.8 Å². The molecule has 0 saturated carbocycles. The summed E-state index contributed by atoms with van der Waals surface area (Å²) in [6.07, 6.45) is 1.97. The van der Waals surface area contributed by atoms with Gasteiger partial charge in [-0.3, -0.25) is 9.59 Å². The van der Waals surface area contributed by atoms with Gasteiger partial charge < -0.3 is 5.11 Å². The lowest BCUT2D eigenvalue weighted by molar-refractivity contribution is -0.147. The van der Waals surface area contributed by atoms with Gasteiger partial charge in [0.2, 0.25) is 0 Å². The van der Waals surface area contributed by atoms with E-state index in [1.165, 1.54) is 10.7 Å². The third kappa shape index (κ3) is 2.92. The summed E-state index contributed by atoms with van der Waals surface area (Å²) in [6, 6.07) is 1.49. The molecule has 0 saturated heterocycles. The zero-order chi connectivity index (χ0) is 12.3. The molecule has 1 heterocycles. The maximum Gasteiger partial charge on any atom is 0.309 e. The number of carbonyl (C=O) groups is 1. The van der Waals surface area contributed by atoms with Gasteiger partial charge in [0.25, 0.3) is 5.56 Å². The van der Waals surface area contributed by atoms with Crippen molar-refractivity contribution in [1.82, 2.24) is 9.78 Å². The second kappa shape index (κ2) is 4.47. The highest BCUT2D eigenvalue weighted by Gasteiger charge is 2.26. The average Bonchev–Trinajstić information content (AvgIpc) is 2.16. The molecule has 1 rings (SSSR count). The van der Waals surface area contributed by atoms with Crippen molar-refractivity contribution in [1.29, 1.82) is 0 Å². The first-order valence-electron chi connectivity index (χ1n) is 5.10. The summed E-state index contributed by atoms with van der Waals surface area (Å²) in [6.45, 7) is 5.38. The first kappa shape index (κ1) is 12.4. The zero-order valence-corrected chi connectivity index (χ0v) is 9.73. The van der Waals surface area contributed by atoms with Gasteiger partial charge in [-0.25, -0.2) is 4.68 Å². The summed E-state index contributed by atoms with van der Waals surface area (Å²) in [4.78, 5) is 22.4. The van der Waals surface area contributed by atoms with Crippen LogP contribution in [-0.4, -0.2) is 20.9 Å². The van der Waals surface area contributed by atoms with E-state index in [-0.39, 0.29) is 5.56 Å². The van der Waals surface area contributed by atoms with E-state index in [0.29, 0.717) is 13.0 Å². The molecule has 0 atom stereocenters. The maximum absolute atomic E-state index is 11.5. The molecule has 0 aromatic carbocycles. The molecule has 88 valence electrons. The van der Waals surface area contributed by atoms with Crippen LogP contribution in [0.1, 0.15) is 25.8 Å². The van der Waals surface area contributed by atoms with Crippen molar-refractivity contribution in [2.75, 3.05) is 0 Å². The van der Waals surface area contributed by atoms with E-state index in [4.69, 9.17) is 5.11 Å². The van der Waals surface area contributed by atoms with E-state index in [0.717, 1.165) is 5.56 Å². The molecule has 0 bridgehead atoms. The number of carboxylic acids is 1. The third-order valence-electron chi connectivity index (χ3n) is 2.53. The van der Waals surface area contributed by atoms with Crippen LogP contribution in [0, 0.1) is 12.3 Å². The SMILES string of the molecule is Cc1cnn(CCC(C)(C)C(=O)O)c(=O)c1. The van der Waals surface area contributed by atoms with Crippen LogP contribution in [-0.2, 0) is 11.3 Å². The lowest BCUT2D eigenvalue weighted by Gasteiger charge is -2.18. The number of rotatable bonds is 4. The van der Waals surface area contributed by atoms with Crippen molar-refractivity contribution in [3.05, 3.63) is 28.2 Å². The van der Waals surface area contributed by atoms with Gasteiger partial charge in [-0.15, -0.1) is 0 Å². The average molecular weight is 224 g/mol. The summed E-state index contributed by atoms with van der Waals surface area (Å²) in [5.74, 6) is -0.868. The Kier molecular flexibility index (Phi) is 3.47. The Labute approximate surface area is 93.7 Å². The second-order valence-electron chi connectivity index (χ2n) is 4.53. The zero-order valence-electron chi connectivity index (χ0n) is 9.73. The number of hydrogen-bond donors (Lipinski definition) is 1. The molecular weight excluding hydrogens is 208 g/mol. The number of aryl methyl sites for hydroxylation is 2. The molecule has 0 aliphatic rings. The number of carboxylic acid groups (broad SMARTS) is 1. The highest BCUT2D eigenvalue weighted by atomic mass is 16.4. The summed E-state index contributed by atoms with van der Waals surface area (Å²) in [5.41, 5.74) is -0.230. The Hall–Kier alpha value is -1.65. The fourth-order valence-corrected chi connectivity index (χ4v) is 1.18. The van der Waals surface area contributed by atoms with Crippen LogP contribution in [0.4, 0.5) is 0 Å². The maximum atomic E-state index is 11.5. The van der Waals surface area contributed by atoms with Crippen molar-refractivity contribution in [3.63, 3.8) is 0 Å². The molecule has 0 aliphatic carbocycles. The monoisotopic (exact) mass is 224 g/mol. The Morgan fingerprint density at radius 2 is 2.19 bits per heavy atom. The van der Waals surface area contributed by atoms with Gasteiger partial charge >= 0.3 is 5.97 Å². The van der Waals surface area contributed by atoms with Gasteiger partial charge in [-0.2, -0.15) is 5.10 Å². The smallest absolute Gasteiger partial charge is 0.309 e. The van der Waals surface area contributed by atoms with Gasteiger partial charge in [-0.1, -0.05) is 0 Å². The number of aromatic nitrogens is 2. The lowest BCUT2D eigenvalue weighted by Crippen LogP contribution is -2.29. The van der Waals surface area contributed by atoms with Crippen molar-refractivity contribution in [2.45, 2.75) is 33.7 Å². The van der Waals surface area contributed by atoms with Crippen molar-refractivity contribution >= 4 is 5.97 Å². The fourth-order valence-electron chi connectivity index (χ4n) is 1.18. The van der Waals surface area contributed by atoms with E-state index in [2.05, 4.69) is 5.10 Å². The number of hydrogen-bond acceptors (Lipinski definition) is 3. The van der Waals surface area contributed by atoms with Gasteiger partial charge in [0.1, 0.15) is 0 Å². The van der Waals surface area contributed by atoms with Crippen LogP contribution < -0.4 is 5.56 Å². The molecule has 0 spiro atoms. The first-order valence-corrected chi connectivity index (χ1v) is 5.10. The Balaban J connectivity index is 2.76. The van der Waals surface area contributed by atoms with Crippen LogP contribution in [0.2, 0.25) is 0 Å². The predicted octanol–water partition coefficient (Wildman–Crippen LogP) is 1.05. The van der Waals surface area contributed by atoms with Crippen molar-refractivity contribution in [2.24, 2.45) is 5.41 Å². The summed E-state index contributed by atoms with van der Waals surface area (Å²) in [5, 5.41) is 12.9. The second-order valence-corrected chi connectivity index (χ2v) is 4.53. The molecule has 5 heteroatoms. The van der Waals surface area contributed by atoms with Crippen LogP contribution >= 0.6 is 0 Å². The van der Waals surface area contributed by atoms with Gasteiger partial charge in [0.15, 0.2) is 0 Å². The Bertz CT molecular complexity index is 449. The highest BCUT2D eigenvalue weighted by molar-refractivity contribution is 5.73. The van der Waals surface area contributed by atoms with Crippen LogP contribution in [0.15, 0.2) is 17.1 Å². The molecular formula is C11H16N2O3. The molecule has 0 amide bonds. The third-order valence-corrected chi connectivity index (χ3v) is 2.53. The molecule has 5 nitrogen and oxygen atoms in total. The minimum atomic E-state index is -0.868. The first-order chi connectivity index (χ1) is 7.33. The van der Waals surface area contributed by atoms with Gasteiger partial charge in [0.05, 0.1) is 11.6 Å². The van der Waals surface area contributed by atoms with E-state index >= 15 is 0 Å². The molecule has 1 aromatic heterocycles. The number of aliphatic carboxylic acids is 1. The fraction of sp³-hybridized carbons (Fsp3) is 0.545. The molecule has 1 aromatic rings. The van der Waals surface area contributed by atoms with E-state index < -0.39 is 11.4 Å². The molecule has 0 unspecified atom stereocenters. The predicted molar refractivity (Wildman–Crippen MR) is 59.3 cm³/mol. The summed E-state index contributed by atoms with van der Waals surface area (Å²) in [7, 11) is 0. The normalized spacial score (nSPS) is 11.4. The van der Waals surface area contributed by atoms with Crippen molar-refractivity contribution in [3.8, 4) is 0 Å². The van der Waals surface area contributed by atoms with E-state index in [9.17, 15) is 9.59 Å². The van der Waals surface area contributed by atoms with Crippen LogP contribution in [0.3, 0.4) is 0 Å². The molecule has 0 fully saturated rings. The minimum Gasteiger partial charge on any atom is -0.481 e. The highest BCUT2D eigenvalue weighted by Crippen LogP contribution is 2.20. The molecule has 1 N–H and O–H groups in total. The minimum absolute atomic E-state index is 0.193. The van der Waals surface area contributed by atoms with Crippen LogP contribution in [0.25, 0.3) is 0 Å². The molecule has 16 heavy (non-hydrogen) atoms. The van der Waals surface area contributed by atoms with Crippen LogP contribution in [0.5, 0.6) is 0 Å².